The van der Waals surface area contributed by atoms with Gasteiger partial charge in [0, 0.05) is 13.1 Å². The minimum atomic E-state index is 0.0306. The van der Waals surface area contributed by atoms with Crippen LogP contribution in [0.3, 0.4) is 0 Å². The topological polar surface area (TPSA) is 53.9 Å². The summed E-state index contributed by atoms with van der Waals surface area (Å²) < 4.78 is 0. The lowest BCUT2D eigenvalue weighted by Crippen LogP contribution is -2.23. The fourth-order valence-electron chi connectivity index (χ4n) is 1.45. The van der Waals surface area contributed by atoms with Crippen molar-refractivity contribution in [2.45, 2.75) is 6.10 Å². The highest BCUT2D eigenvalue weighted by molar-refractivity contribution is 5.89. The summed E-state index contributed by atoms with van der Waals surface area (Å²) in [5, 5.41) is 15.7. The molecule has 0 radical (unpaired) electrons. The molecule has 2 aliphatic heterocycles. The van der Waals surface area contributed by atoms with Crippen molar-refractivity contribution in [2.24, 2.45) is 11.1 Å². The van der Waals surface area contributed by atoms with Crippen LogP contribution in [0.4, 0.5) is 0 Å². The average molecular weight is 142 g/mol. The minimum Gasteiger partial charge on any atom is -0.390 e. The molecule has 0 aromatic heterocycles. The Hall–Kier alpha value is -0.610. The maximum Gasteiger partial charge on any atom is 0.149 e. The molecule has 0 aromatic rings. The monoisotopic (exact) mass is 142 g/mol. The first-order chi connectivity index (χ1) is 4.92. The number of aliphatic hydroxyl groups excluding tert-OH is 1. The van der Waals surface area contributed by atoms with Gasteiger partial charge in [0.05, 0.1) is 18.2 Å². The zero-order chi connectivity index (χ0) is 6.97. The van der Waals surface area contributed by atoms with Crippen LogP contribution in [0.1, 0.15) is 0 Å². The van der Waals surface area contributed by atoms with E-state index in [2.05, 4.69) is 10.5 Å². The van der Waals surface area contributed by atoms with Gasteiger partial charge >= 0.3 is 0 Å². The smallest absolute Gasteiger partial charge is 0.149 e. The zero-order valence-electron chi connectivity index (χ0n) is 5.58. The Morgan fingerprint density at radius 2 is 2.60 bits per heavy atom. The molecule has 2 atom stereocenters. The number of nitrogens with one attached hydrogen (secondary N) is 1. The SMILES string of the molecule is OCC1=NO[C@H]2CNC[C@@H]12. The Balaban J connectivity index is 2.10. The van der Waals surface area contributed by atoms with Crippen molar-refractivity contribution in [1.29, 1.82) is 0 Å². The van der Waals surface area contributed by atoms with Gasteiger partial charge in [-0.3, -0.25) is 0 Å². The Labute approximate surface area is 58.9 Å². The molecular formula is C6H10N2O2. The van der Waals surface area contributed by atoms with Crippen molar-refractivity contribution < 1.29 is 9.94 Å². The first kappa shape index (κ1) is 6.12. The van der Waals surface area contributed by atoms with Crippen molar-refractivity contribution in [3.8, 4) is 0 Å². The summed E-state index contributed by atoms with van der Waals surface area (Å²) in [5.74, 6) is 0.324. The van der Waals surface area contributed by atoms with Gasteiger partial charge in [0.2, 0.25) is 0 Å². The molecule has 0 aromatic carbocycles. The highest BCUT2D eigenvalue weighted by atomic mass is 16.6. The van der Waals surface area contributed by atoms with E-state index in [1.807, 2.05) is 0 Å². The van der Waals surface area contributed by atoms with Crippen LogP contribution in [-0.4, -0.2) is 36.6 Å². The Bertz CT molecular complexity index is 169. The molecule has 0 aliphatic carbocycles. The first-order valence-corrected chi connectivity index (χ1v) is 3.46. The molecule has 2 aliphatic rings. The zero-order valence-corrected chi connectivity index (χ0v) is 5.58. The van der Waals surface area contributed by atoms with Crippen LogP contribution in [0.2, 0.25) is 0 Å². The van der Waals surface area contributed by atoms with Crippen LogP contribution >= 0.6 is 0 Å². The van der Waals surface area contributed by atoms with Crippen LogP contribution in [0.25, 0.3) is 0 Å². The van der Waals surface area contributed by atoms with Gasteiger partial charge in [-0.1, -0.05) is 5.16 Å². The molecule has 0 spiro atoms. The average Bonchev–Trinajstić information content (AvgIpc) is 2.44. The Kier molecular flexibility index (Phi) is 1.35. The van der Waals surface area contributed by atoms with E-state index in [0.29, 0.717) is 5.92 Å². The highest BCUT2D eigenvalue weighted by Crippen LogP contribution is 2.20. The molecule has 2 heterocycles. The first-order valence-electron chi connectivity index (χ1n) is 3.46. The summed E-state index contributed by atoms with van der Waals surface area (Å²) in [6.07, 6.45) is 0.183. The molecule has 4 nitrogen and oxygen atoms in total. The fourth-order valence-corrected chi connectivity index (χ4v) is 1.45. The fraction of sp³-hybridized carbons (Fsp3) is 0.833. The summed E-state index contributed by atoms with van der Waals surface area (Å²) in [6, 6.07) is 0. The van der Waals surface area contributed by atoms with Gasteiger partial charge in [0.1, 0.15) is 6.10 Å². The predicted molar refractivity (Wildman–Crippen MR) is 35.8 cm³/mol. The molecule has 0 saturated carbocycles. The summed E-state index contributed by atoms with van der Waals surface area (Å²) in [4.78, 5) is 5.05. The molecule has 56 valence electrons. The molecule has 2 N–H and O–H groups in total. The standard InChI is InChI=1S/C6H10N2O2/c9-3-5-4-1-7-2-6(4)10-8-5/h4,6-7,9H,1-3H2/t4-,6-/m0/s1. The van der Waals surface area contributed by atoms with E-state index >= 15 is 0 Å². The largest absolute Gasteiger partial charge is 0.390 e. The maximum absolute atomic E-state index is 8.77. The van der Waals surface area contributed by atoms with E-state index in [-0.39, 0.29) is 12.7 Å². The number of fused-ring (bicyclic) bond motifs is 1. The van der Waals surface area contributed by atoms with Crippen LogP contribution < -0.4 is 5.32 Å². The lowest BCUT2D eigenvalue weighted by molar-refractivity contribution is 0.0841. The van der Waals surface area contributed by atoms with Crippen molar-refractivity contribution in [3.05, 3.63) is 0 Å². The van der Waals surface area contributed by atoms with Gasteiger partial charge in [-0.2, -0.15) is 0 Å². The van der Waals surface area contributed by atoms with Crippen molar-refractivity contribution in [1.82, 2.24) is 5.32 Å². The quantitative estimate of drug-likeness (QED) is 0.491. The molecule has 4 heteroatoms. The number of aliphatic hydroxyl groups is 1. The van der Waals surface area contributed by atoms with Crippen LogP contribution in [0.15, 0.2) is 5.16 Å². The lowest BCUT2D eigenvalue weighted by atomic mass is 10.0. The predicted octanol–water partition coefficient (Wildman–Crippen LogP) is -1.05. The number of rotatable bonds is 1. The van der Waals surface area contributed by atoms with Gasteiger partial charge < -0.3 is 15.3 Å². The third-order valence-corrected chi connectivity index (χ3v) is 2.05. The number of hydrogen-bond acceptors (Lipinski definition) is 4. The van der Waals surface area contributed by atoms with Crippen molar-refractivity contribution in [2.75, 3.05) is 19.7 Å². The Morgan fingerprint density at radius 3 is 3.40 bits per heavy atom. The minimum absolute atomic E-state index is 0.0306. The number of hydrogen-bond donors (Lipinski definition) is 2. The second kappa shape index (κ2) is 2.21. The number of oxime groups is 1. The third-order valence-electron chi connectivity index (χ3n) is 2.05. The summed E-state index contributed by atoms with van der Waals surface area (Å²) >= 11 is 0. The van der Waals surface area contributed by atoms with E-state index in [0.717, 1.165) is 18.8 Å². The van der Waals surface area contributed by atoms with Gasteiger partial charge in [-0.15, -0.1) is 0 Å². The second-order valence-electron chi connectivity index (χ2n) is 2.65. The summed E-state index contributed by atoms with van der Waals surface area (Å²) in [5.41, 5.74) is 0.787. The maximum atomic E-state index is 8.77. The lowest BCUT2D eigenvalue weighted by Gasteiger charge is -2.04. The second-order valence-corrected chi connectivity index (χ2v) is 2.65. The molecule has 1 saturated heterocycles. The molecule has 1 fully saturated rings. The van der Waals surface area contributed by atoms with E-state index in [4.69, 9.17) is 9.94 Å². The molecule has 10 heavy (non-hydrogen) atoms. The molecule has 2 rings (SSSR count). The van der Waals surface area contributed by atoms with Gasteiger partial charge in [-0.25, -0.2) is 0 Å². The van der Waals surface area contributed by atoms with Gasteiger partial charge in [0.25, 0.3) is 0 Å². The third kappa shape index (κ3) is 0.726. The van der Waals surface area contributed by atoms with Crippen LogP contribution in [-0.2, 0) is 4.84 Å². The van der Waals surface area contributed by atoms with Crippen LogP contribution in [0, 0.1) is 5.92 Å². The molecule has 0 amide bonds. The van der Waals surface area contributed by atoms with E-state index in [9.17, 15) is 0 Å². The Morgan fingerprint density at radius 1 is 1.70 bits per heavy atom. The van der Waals surface area contributed by atoms with Gasteiger partial charge in [0.15, 0.2) is 0 Å². The van der Waals surface area contributed by atoms with E-state index in [1.54, 1.807) is 0 Å². The number of nitrogens with zero attached hydrogens (tertiary/aromatic N) is 1. The summed E-state index contributed by atoms with van der Waals surface area (Å²) in [7, 11) is 0. The normalized spacial score (nSPS) is 37.1. The summed E-state index contributed by atoms with van der Waals surface area (Å²) in [6.45, 7) is 1.78. The van der Waals surface area contributed by atoms with Crippen molar-refractivity contribution in [3.63, 3.8) is 0 Å². The molecule has 0 unspecified atom stereocenters. The highest BCUT2D eigenvalue weighted by Gasteiger charge is 2.37. The van der Waals surface area contributed by atoms with Crippen LogP contribution in [0.5, 0.6) is 0 Å². The van der Waals surface area contributed by atoms with E-state index in [1.165, 1.54) is 0 Å². The van der Waals surface area contributed by atoms with E-state index < -0.39 is 0 Å². The molecular weight excluding hydrogens is 132 g/mol. The van der Waals surface area contributed by atoms with Crippen molar-refractivity contribution >= 4 is 5.71 Å². The van der Waals surface area contributed by atoms with Gasteiger partial charge in [-0.05, 0) is 0 Å². The molecule has 0 bridgehead atoms.